The van der Waals surface area contributed by atoms with Gasteiger partial charge in [0.15, 0.2) is 5.82 Å². The first-order valence-corrected chi connectivity index (χ1v) is 21.5. The van der Waals surface area contributed by atoms with Gasteiger partial charge < -0.3 is 5.32 Å². The van der Waals surface area contributed by atoms with Crippen molar-refractivity contribution in [1.29, 1.82) is 0 Å². The number of hydrogen-bond donors (Lipinski definition) is 2. The van der Waals surface area contributed by atoms with Gasteiger partial charge in [-0.25, -0.2) is 15.0 Å². The van der Waals surface area contributed by atoms with E-state index in [9.17, 15) is 0 Å². The zero-order chi connectivity index (χ0) is 38.8. The number of benzene rings is 1. The van der Waals surface area contributed by atoms with Crippen LogP contribution in [-0.4, -0.2) is 51.3 Å². The molecular formula is C45H65N7S. The third-order valence-corrected chi connectivity index (χ3v) is 11.9. The molecule has 4 rings (SSSR count). The summed E-state index contributed by atoms with van der Waals surface area (Å²) < 4.78 is 0. The number of allylic oxidation sites excluding steroid dienone is 6. The van der Waals surface area contributed by atoms with Gasteiger partial charge in [-0.3, -0.25) is 15.1 Å². The Kier molecular flexibility index (Phi) is 18.3. The molecule has 53 heavy (non-hydrogen) atoms. The molecule has 1 unspecified atom stereocenters. The van der Waals surface area contributed by atoms with Crippen LogP contribution in [0, 0.1) is 6.92 Å². The summed E-state index contributed by atoms with van der Waals surface area (Å²) >= 11 is 0. The number of aromatic nitrogens is 3. The smallest absolute Gasteiger partial charge is 0.178 e. The molecule has 1 atom stereocenters. The average molecular weight is 736 g/mol. The molecule has 3 heterocycles. The number of nitrogens with two attached hydrogens (primary N) is 1. The SMILES string of the molecule is C=C(C)CCCS(C)(N)C1=NC(C(C)=N/C(C)=C(/CCCC)C(=C)C)=CC1.CNCCCc1c(C)nc(-c2ccccn2)nc1CCc1ccccc1. The maximum Gasteiger partial charge on any atom is 0.178 e. The number of nitrogens with zero attached hydrogens (tertiary/aromatic N) is 5. The summed E-state index contributed by atoms with van der Waals surface area (Å²) in [7, 11) is 0.673. The van der Waals surface area contributed by atoms with Crippen LogP contribution in [0.3, 0.4) is 0 Å². The monoisotopic (exact) mass is 736 g/mol. The maximum atomic E-state index is 6.64. The minimum Gasteiger partial charge on any atom is -0.320 e. The highest BCUT2D eigenvalue weighted by atomic mass is 32.3. The normalized spacial score (nSPS) is 15.0. The third kappa shape index (κ3) is 14.4. The van der Waals surface area contributed by atoms with Crippen LogP contribution in [0.5, 0.6) is 0 Å². The first-order chi connectivity index (χ1) is 25.4. The van der Waals surface area contributed by atoms with Crippen LogP contribution >= 0.6 is 10.2 Å². The molecule has 7 nitrogen and oxygen atoms in total. The number of pyridine rings is 1. The molecule has 3 aromatic rings. The van der Waals surface area contributed by atoms with E-state index in [-0.39, 0.29) is 0 Å². The first-order valence-electron chi connectivity index (χ1n) is 19.2. The summed E-state index contributed by atoms with van der Waals surface area (Å²) in [5.41, 5.74) is 12.3. The Morgan fingerprint density at radius 1 is 0.925 bits per heavy atom. The van der Waals surface area contributed by atoms with Crippen molar-refractivity contribution in [2.24, 2.45) is 15.1 Å². The van der Waals surface area contributed by atoms with E-state index in [1.807, 2.05) is 32.2 Å². The Balaban J connectivity index is 0.000000285. The van der Waals surface area contributed by atoms with E-state index >= 15 is 0 Å². The van der Waals surface area contributed by atoms with Crippen LogP contribution < -0.4 is 10.5 Å². The summed E-state index contributed by atoms with van der Waals surface area (Å²) in [6.45, 7) is 21.7. The predicted molar refractivity (Wildman–Crippen MR) is 233 cm³/mol. The Morgan fingerprint density at radius 3 is 2.30 bits per heavy atom. The van der Waals surface area contributed by atoms with Crippen LogP contribution in [0.25, 0.3) is 11.5 Å². The van der Waals surface area contributed by atoms with Crippen LogP contribution in [0.2, 0.25) is 0 Å². The van der Waals surface area contributed by atoms with E-state index in [4.69, 9.17) is 25.1 Å². The molecule has 0 aliphatic carbocycles. The lowest BCUT2D eigenvalue weighted by atomic mass is 10.00. The quantitative estimate of drug-likeness (QED) is 0.0586. The second kappa shape index (κ2) is 22.3. The first kappa shape index (κ1) is 43.4. The lowest BCUT2D eigenvalue weighted by Gasteiger charge is -2.31. The minimum atomic E-state index is -1.32. The Hall–Kier alpha value is -3.98. The largest absolute Gasteiger partial charge is 0.320 e. The average Bonchev–Trinajstić information content (AvgIpc) is 3.65. The van der Waals surface area contributed by atoms with Gasteiger partial charge in [0, 0.05) is 29.7 Å². The van der Waals surface area contributed by atoms with Crippen molar-refractivity contribution < 1.29 is 0 Å². The molecular weight excluding hydrogens is 671 g/mol. The van der Waals surface area contributed by atoms with E-state index in [0.717, 1.165) is 121 Å². The van der Waals surface area contributed by atoms with Gasteiger partial charge in [-0.2, -0.15) is 10.2 Å². The van der Waals surface area contributed by atoms with Crippen LogP contribution in [0.1, 0.15) is 102 Å². The third-order valence-electron chi connectivity index (χ3n) is 9.40. The molecule has 1 aliphatic rings. The second-order valence-corrected chi connectivity index (χ2v) is 17.5. The minimum absolute atomic E-state index is 0.725. The van der Waals surface area contributed by atoms with Crippen molar-refractivity contribution in [3.63, 3.8) is 0 Å². The van der Waals surface area contributed by atoms with Crippen molar-refractivity contribution in [3.8, 4) is 11.5 Å². The summed E-state index contributed by atoms with van der Waals surface area (Å²) in [5.74, 6) is 1.73. The van der Waals surface area contributed by atoms with Crippen molar-refractivity contribution in [1.82, 2.24) is 20.3 Å². The lowest BCUT2D eigenvalue weighted by Crippen LogP contribution is -2.21. The maximum absolute atomic E-state index is 6.64. The molecule has 0 bridgehead atoms. The molecule has 0 radical (unpaired) electrons. The lowest BCUT2D eigenvalue weighted by molar-refractivity contribution is 0.709. The molecule has 0 spiro atoms. The van der Waals surface area contributed by atoms with E-state index in [1.54, 1.807) is 6.20 Å². The zero-order valence-electron chi connectivity index (χ0n) is 33.9. The highest BCUT2D eigenvalue weighted by Crippen LogP contribution is 2.42. The molecule has 0 saturated heterocycles. The highest BCUT2D eigenvalue weighted by molar-refractivity contribution is 8.43. The highest BCUT2D eigenvalue weighted by Gasteiger charge is 2.23. The van der Waals surface area contributed by atoms with E-state index < -0.39 is 10.2 Å². The fraction of sp³-hybridized carbons (Fsp3) is 0.444. The number of aliphatic imine (C=N–C) groups is 2. The molecule has 8 heteroatoms. The van der Waals surface area contributed by atoms with E-state index in [2.05, 4.69) is 101 Å². The van der Waals surface area contributed by atoms with Gasteiger partial charge in [-0.1, -0.05) is 73.5 Å². The molecule has 1 aliphatic heterocycles. The number of rotatable bonds is 18. The molecule has 0 saturated carbocycles. The number of hydrogen-bond acceptors (Lipinski definition) is 7. The summed E-state index contributed by atoms with van der Waals surface area (Å²) in [6, 6.07) is 16.4. The molecule has 1 aromatic carbocycles. The Labute approximate surface area is 322 Å². The number of unbranched alkanes of at least 4 members (excludes halogenated alkanes) is 1. The van der Waals surface area contributed by atoms with Gasteiger partial charge in [0.05, 0.1) is 16.5 Å². The van der Waals surface area contributed by atoms with Gasteiger partial charge in [-0.05, 0) is 140 Å². The van der Waals surface area contributed by atoms with Crippen molar-refractivity contribution in [2.75, 3.05) is 25.6 Å². The Morgan fingerprint density at radius 2 is 1.66 bits per heavy atom. The number of nitrogens with one attached hydrogen (secondary N) is 1. The second-order valence-electron chi connectivity index (χ2n) is 14.3. The molecule has 0 amide bonds. The van der Waals surface area contributed by atoms with E-state index in [1.165, 1.54) is 28.7 Å². The standard InChI is InChI=1S/C23H39N3S.C22H26N4/c1-9-10-13-21(18(4)5)19(6)25-20(7)22-14-15-23(26-22)27(8,24)16-11-12-17(2)3;1-17-19(11-8-15-23-2)20(14-13-18-9-4-3-5-10-18)26-22(25-17)21-12-6-7-16-24-21/h14H,2,4,9-13,15-16,24H2,1,3,5-8H3;3-7,9-10,12,16,23H,8,11,13-15H2,1-2H3/b21-19-,25-20?;. The van der Waals surface area contributed by atoms with Gasteiger partial charge in [0.1, 0.15) is 5.69 Å². The van der Waals surface area contributed by atoms with Crippen molar-refractivity contribution in [3.05, 3.63) is 125 Å². The van der Waals surface area contributed by atoms with Crippen molar-refractivity contribution >= 4 is 21.0 Å². The summed E-state index contributed by atoms with van der Waals surface area (Å²) in [5, 5.41) is 11.0. The van der Waals surface area contributed by atoms with Crippen LogP contribution in [-0.2, 0) is 19.3 Å². The predicted octanol–water partition coefficient (Wildman–Crippen LogP) is 10.6. The van der Waals surface area contributed by atoms with E-state index in [0.29, 0.717) is 0 Å². The number of aryl methyl sites for hydroxylation is 3. The van der Waals surface area contributed by atoms with Gasteiger partial charge in [0.25, 0.3) is 0 Å². The fourth-order valence-electron chi connectivity index (χ4n) is 6.30. The molecule has 286 valence electrons. The van der Waals surface area contributed by atoms with Gasteiger partial charge >= 0.3 is 0 Å². The van der Waals surface area contributed by atoms with Crippen molar-refractivity contribution in [2.45, 2.75) is 106 Å². The zero-order valence-corrected chi connectivity index (χ0v) is 34.7. The van der Waals surface area contributed by atoms with Crippen LogP contribution in [0.4, 0.5) is 0 Å². The Bertz CT molecular complexity index is 1770. The molecule has 3 N–H and O–H groups in total. The fourth-order valence-corrected chi connectivity index (χ4v) is 8.05. The topological polar surface area (TPSA) is 101 Å². The summed E-state index contributed by atoms with van der Waals surface area (Å²) in [4.78, 5) is 23.8. The summed E-state index contributed by atoms with van der Waals surface area (Å²) in [6.07, 6.45) is 16.5. The molecule has 2 aromatic heterocycles. The van der Waals surface area contributed by atoms with Gasteiger partial charge in [0.2, 0.25) is 0 Å². The van der Waals surface area contributed by atoms with Gasteiger partial charge in [-0.15, -0.1) is 6.58 Å². The van der Waals surface area contributed by atoms with Crippen LogP contribution in [0.15, 0.2) is 112 Å². The molecule has 0 fully saturated rings.